The van der Waals surface area contributed by atoms with E-state index in [1.54, 1.807) is 0 Å². The molecular formula is C24H30AsN3. The number of rotatable bonds is 6. The van der Waals surface area contributed by atoms with Crippen LogP contribution in [0.25, 0.3) is 0 Å². The van der Waals surface area contributed by atoms with Gasteiger partial charge in [-0.05, 0) is 0 Å². The molecule has 0 aliphatic rings. The summed E-state index contributed by atoms with van der Waals surface area (Å²) in [6.45, 7) is 0. The van der Waals surface area contributed by atoms with Crippen molar-refractivity contribution < 1.29 is 0 Å². The molecule has 3 aromatic rings. The molecule has 0 fully saturated rings. The maximum atomic E-state index is 2.31. The molecule has 3 nitrogen and oxygen atoms in total. The number of nitrogens with zero attached hydrogens (tertiary/aromatic N) is 3. The molecule has 0 aliphatic heterocycles. The number of benzene rings is 3. The van der Waals surface area contributed by atoms with Gasteiger partial charge in [-0.25, -0.2) is 0 Å². The first-order chi connectivity index (χ1) is 13.4. The summed E-state index contributed by atoms with van der Waals surface area (Å²) in [5, 5.41) is 0. The van der Waals surface area contributed by atoms with Gasteiger partial charge in [-0.15, -0.1) is 0 Å². The minimum atomic E-state index is -1.61. The van der Waals surface area contributed by atoms with Crippen LogP contribution in [0.3, 0.4) is 0 Å². The number of anilines is 3. The fourth-order valence-corrected chi connectivity index (χ4v) is 7.84. The van der Waals surface area contributed by atoms with Crippen LogP contribution in [0.4, 0.5) is 17.1 Å². The molecule has 0 unspecified atom stereocenters. The van der Waals surface area contributed by atoms with E-state index in [2.05, 4.69) is 130 Å². The third-order valence-electron chi connectivity index (χ3n) is 4.87. The van der Waals surface area contributed by atoms with Gasteiger partial charge in [0.1, 0.15) is 0 Å². The molecule has 4 heteroatoms. The van der Waals surface area contributed by atoms with Crippen LogP contribution in [0.15, 0.2) is 72.8 Å². The zero-order valence-corrected chi connectivity index (χ0v) is 19.6. The second-order valence-electron chi connectivity index (χ2n) is 7.57. The first-order valence-corrected chi connectivity index (χ1v) is 12.3. The van der Waals surface area contributed by atoms with Gasteiger partial charge in [0.15, 0.2) is 0 Å². The Labute approximate surface area is 174 Å². The Morgan fingerprint density at radius 2 is 0.607 bits per heavy atom. The van der Waals surface area contributed by atoms with E-state index in [4.69, 9.17) is 0 Å². The van der Waals surface area contributed by atoms with E-state index in [1.807, 2.05) is 0 Å². The van der Waals surface area contributed by atoms with E-state index in [1.165, 1.54) is 30.1 Å². The van der Waals surface area contributed by atoms with Crippen molar-refractivity contribution in [2.24, 2.45) is 0 Å². The van der Waals surface area contributed by atoms with Crippen LogP contribution in [0, 0.1) is 0 Å². The summed E-state index contributed by atoms with van der Waals surface area (Å²) in [4.78, 5) is 6.45. The molecule has 0 heterocycles. The average Bonchev–Trinajstić information content (AvgIpc) is 2.69. The van der Waals surface area contributed by atoms with Crippen molar-refractivity contribution in [3.63, 3.8) is 0 Å². The Balaban J connectivity index is 2.04. The van der Waals surface area contributed by atoms with Gasteiger partial charge in [0.05, 0.1) is 0 Å². The summed E-state index contributed by atoms with van der Waals surface area (Å²) in [6.07, 6.45) is 0. The van der Waals surface area contributed by atoms with Gasteiger partial charge in [0.25, 0.3) is 0 Å². The summed E-state index contributed by atoms with van der Waals surface area (Å²) in [5.74, 6) is 0. The molecule has 0 amide bonds. The molecule has 0 bridgehead atoms. The van der Waals surface area contributed by atoms with E-state index in [0.717, 1.165) is 0 Å². The van der Waals surface area contributed by atoms with Gasteiger partial charge >= 0.3 is 175 Å². The van der Waals surface area contributed by atoms with Crippen LogP contribution in [0.1, 0.15) is 0 Å². The van der Waals surface area contributed by atoms with Crippen LogP contribution < -0.4 is 27.8 Å². The van der Waals surface area contributed by atoms with Crippen molar-refractivity contribution in [1.82, 2.24) is 0 Å². The second kappa shape index (κ2) is 8.75. The molecule has 0 aromatic heterocycles. The molecule has 0 N–H and O–H groups in total. The molecule has 0 aliphatic carbocycles. The van der Waals surface area contributed by atoms with Crippen molar-refractivity contribution in [2.45, 2.75) is 0 Å². The van der Waals surface area contributed by atoms with Crippen LogP contribution >= 0.6 is 0 Å². The Morgan fingerprint density at radius 1 is 0.393 bits per heavy atom. The molecule has 0 radical (unpaired) electrons. The molecule has 3 rings (SSSR count). The molecule has 0 atom stereocenters. The van der Waals surface area contributed by atoms with Crippen molar-refractivity contribution in [3.05, 3.63) is 72.8 Å². The summed E-state index contributed by atoms with van der Waals surface area (Å²) < 4.78 is 4.36. The Hall–Kier alpha value is -2.38. The summed E-state index contributed by atoms with van der Waals surface area (Å²) in [5.41, 5.74) is 3.72. The monoisotopic (exact) mass is 435 g/mol. The number of hydrogen-bond acceptors (Lipinski definition) is 3. The molecule has 0 saturated carbocycles. The van der Waals surface area contributed by atoms with Gasteiger partial charge in [0.2, 0.25) is 0 Å². The van der Waals surface area contributed by atoms with Crippen LogP contribution in [0.5, 0.6) is 0 Å². The molecule has 146 valence electrons. The van der Waals surface area contributed by atoms with Crippen LogP contribution in [-0.4, -0.2) is 56.9 Å². The first-order valence-electron chi connectivity index (χ1n) is 9.49. The fraction of sp³-hybridized carbons (Fsp3) is 0.250. The van der Waals surface area contributed by atoms with Crippen molar-refractivity contribution in [2.75, 3.05) is 57.0 Å². The van der Waals surface area contributed by atoms with E-state index < -0.39 is 14.7 Å². The van der Waals surface area contributed by atoms with Crippen molar-refractivity contribution in [3.8, 4) is 0 Å². The Bertz CT molecular complexity index is 760. The first kappa shape index (κ1) is 20.4. The normalized spacial score (nSPS) is 10.8. The van der Waals surface area contributed by atoms with Crippen LogP contribution in [-0.2, 0) is 0 Å². The average molecular weight is 435 g/mol. The zero-order chi connectivity index (χ0) is 20.3. The Kier molecular flexibility index (Phi) is 6.36. The second-order valence-corrected chi connectivity index (χ2v) is 12.2. The van der Waals surface area contributed by atoms with Gasteiger partial charge in [-0.3, -0.25) is 0 Å². The number of hydrogen-bond donors (Lipinski definition) is 0. The summed E-state index contributed by atoms with van der Waals surface area (Å²) >= 11 is -1.61. The van der Waals surface area contributed by atoms with E-state index in [0.29, 0.717) is 0 Å². The van der Waals surface area contributed by atoms with Crippen LogP contribution in [0.2, 0.25) is 0 Å². The van der Waals surface area contributed by atoms with Gasteiger partial charge in [0, 0.05) is 0 Å². The van der Waals surface area contributed by atoms with Crippen molar-refractivity contribution >= 4 is 44.8 Å². The zero-order valence-electron chi connectivity index (χ0n) is 17.7. The Morgan fingerprint density at radius 3 is 0.786 bits per heavy atom. The third-order valence-corrected chi connectivity index (χ3v) is 10.00. The van der Waals surface area contributed by atoms with E-state index in [9.17, 15) is 0 Å². The summed E-state index contributed by atoms with van der Waals surface area (Å²) in [6, 6.07) is 27.3. The fourth-order valence-electron chi connectivity index (χ4n) is 3.15. The quantitative estimate of drug-likeness (QED) is 0.551. The standard InChI is InChI=1S/C24H30AsN3/c1-26(2)22-13-7-19(8-14-22)25(20-9-15-23(16-10-20)27(3)4)21-11-17-24(18-12-21)28(5)6/h7-18H,1-6H3. The third kappa shape index (κ3) is 4.53. The predicted molar refractivity (Wildman–Crippen MR) is 127 cm³/mol. The predicted octanol–water partition coefficient (Wildman–Crippen LogP) is 2.40. The summed E-state index contributed by atoms with van der Waals surface area (Å²) in [7, 11) is 12.5. The molecule has 0 saturated heterocycles. The molecule has 0 spiro atoms. The molecular weight excluding hydrogens is 405 g/mol. The van der Waals surface area contributed by atoms with Gasteiger partial charge < -0.3 is 0 Å². The van der Waals surface area contributed by atoms with E-state index >= 15 is 0 Å². The van der Waals surface area contributed by atoms with Gasteiger partial charge in [-0.2, -0.15) is 0 Å². The SMILES string of the molecule is CN(C)c1ccc([As](c2ccc(N(C)C)cc2)c2ccc(N(C)C)cc2)cc1. The molecule has 3 aromatic carbocycles. The minimum absolute atomic E-state index is 1.24. The topological polar surface area (TPSA) is 9.72 Å². The molecule has 28 heavy (non-hydrogen) atoms. The van der Waals surface area contributed by atoms with E-state index in [-0.39, 0.29) is 0 Å². The maximum absolute atomic E-state index is 2.31. The van der Waals surface area contributed by atoms with Gasteiger partial charge in [-0.1, -0.05) is 0 Å². The van der Waals surface area contributed by atoms with Crippen molar-refractivity contribution in [1.29, 1.82) is 0 Å².